The molecule has 1 unspecified atom stereocenters. The van der Waals surface area contributed by atoms with E-state index >= 15 is 0 Å². The van der Waals surface area contributed by atoms with Gasteiger partial charge in [-0.05, 0) is 49.9 Å². The van der Waals surface area contributed by atoms with Crippen LogP contribution in [0.25, 0.3) is 0 Å². The van der Waals surface area contributed by atoms with Crippen LogP contribution in [0.15, 0.2) is 42.5 Å². The van der Waals surface area contributed by atoms with Crippen molar-refractivity contribution in [3.8, 4) is 0 Å². The van der Waals surface area contributed by atoms with Gasteiger partial charge in [0.2, 0.25) is 5.91 Å². The zero-order valence-corrected chi connectivity index (χ0v) is 18.7. The Morgan fingerprint density at radius 1 is 1.00 bits per heavy atom. The van der Waals surface area contributed by atoms with E-state index in [2.05, 4.69) is 10.6 Å². The lowest BCUT2D eigenvalue weighted by atomic mass is 9.95. The van der Waals surface area contributed by atoms with Crippen molar-refractivity contribution in [1.29, 1.82) is 0 Å². The maximum atomic E-state index is 14.0. The number of anilines is 1. The van der Waals surface area contributed by atoms with Gasteiger partial charge in [0, 0.05) is 38.2 Å². The first-order valence-electron chi connectivity index (χ1n) is 11.5. The lowest BCUT2D eigenvalue weighted by Crippen LogP contribution is -2.42. The fraction of sp³-hybridized carbons (Fsp3) is 0.400. The monoisotopic (exact) mass is 471 g/mol. The van der Waals surface area contributed by atoms with E-state index in [4.69, 9.17) is 4.74 Å². The van der Waals surface area contributed by atoms with Crippen molar-refractivity contribution in [3.63, 3.8) is 0 Å². The molecule has 0 aliphatic carbocycles. The lowest BCUT2D eigenvalue weighted by Gasteiger charge is -2.31. The molecule has 2 heterocycles. The van der Waals surface area contributed by atoms with E-state index in [9.17, 15) is 23.2 Å². The van der Waals surface area contributed by atoms with Gasteiger partial charge in [-0.2, -0.15) is 0 Å². The van der Waals surface area contributed by atoms with Crippen LogP contribution in [0.2, 0.25) is 0 Å². The highest BCUT2D eigenvalue weighted by Crippen LogP contribution is 2.23. The van der Waals surface area contributed by atoms with Crippen molar-refractivity contribution < 1.29 is 27.9 Å². The summed E-state index contributed by atoms with van der Waals surface area (Å²) in [7, 11) is 0. The normalized spacial score (nSPS) is 18.5. The molecule has 2 aliphatic heterocycles. The van der Waals surface area contributed by atoms with Gasteiger partial charge >= 0.3 is 0 Å². The minimum atomic E-state index is -0.903. The Balaban J connectivity index is 1.32. The highest BCUT2D eigenvalue weighted by molar-refractivity contribution is 6.04. The predicted octanol–water partition coefficient (Wildman–Crippen LogP) is 3.36. The molecule has 9 heteroatoms. The molecule has 0 spiro atoms. The predicted molar refractivity (Wildman–Crippen MR) is 121 cm³/mol. The number of carbonyl (C=O) groups is 3. The van der Waals surface area contributed by atoms with Gasteiger partial charge in [0.1, 0.15) is 11.6 Å². The van der Waals surface area contributed by atoms with Crippen molar-refractivity contribution in [2.24, 2.45) is 5.92 Å². The van der Waals surface area contributed by atoms with Crippen LogP contribution in [0, 0.1) is 17.6 Å². The Labute approximate surface area is 196 Å². The molecule has 2 saturated heterocycles. The van der Waals surface area contributed by atoms with Crippen LogP contribution in [0.5, 0.6) is 0 Å². The summed E-state index contributed by atoms with van der Waals surface area (Å²) in [6, 6.07) is 9.66. The van der Waals surface area contributed by atoms with Gasteiger partial charge in [-0.25, -0.2) is 8.78 Å². The van der Waals surface area contributed by atoms with Crippen LogP contribution in [0.1, 0.15) is 46.4 Å². The molecule has 4 rings (SSSR count). The molecule has 34 heavy (non-hydrogen) atoms. The summed E-state index contributed by atoms with van der Waals surface area (Å²) in [4.78, 5) is 39.6. The van der Waals surface area contributed by atoms with Crippen LogP contribution in [-0.2, 0) is 9.53 Å². The van der Waals surface area contributed by atoms with Gasteiger partial charge in [-0.1, -0.05) is 12.1 Å². The summed E-state index contributed by atoms with van der Waals surface area (Å²) in [6.45, 7) is 1.67. The number of ether oxygens (including phenoxy) is 1. The zero-order valence-electron chi connectivity index (χ0n) is 18.7. The van der Waals surface area contributed by atoms with Gasteiger partial charge < -0.3 is 20.3 Å². The maximum absolute atomic E-state index is 14.0. The maximum Gasteiger partial charge on any atom is 0.256 e. The fourth-order valence-electron chi connectivity index (χ4n) is 4.31. The second-order valence-electron chi connectivity index (χ2n) is 8.57. The molecule has 0 bridgehead atoms. The molecule has 2 aliphatic rings. The summed E-state index contributed by atoms with van der Waals surface area (Å²) in [5.41, 5.74) is 0.602. The van der Waals surface area contributed by atoms with Crippen molar-refractivity contribution in [3.05, 3.63) is 65.2 Å². The first kappa shape index (κ1) is 23.8. The first-order chi connectivity index (χ1) is 16.4. The van der Waals surface area contributed by atoms with Gasteiger partial charge in [0.15, 0.2) is 0 Å². The number of likely N-dealkylation sites (tertiary alicyclic amines) is 1. The van der Waals surface area contributed by atoms with E-state index in [1.54, 1.807) is 24.3 Å². The van der Waals surface area contributed by atoms with E-state index in [1.807, 2.05) is 0 Å². The smallest absolute Gasteiger partial charge is 0.256 e. The van der Waals surface area contributed by atoms with Gasteiger partial charge in [-0.3, -0.25) is 14.4 Å². The first-order valence-corrected chi connectivity index (χ1v) is 11.5. The number of carbonyl (C=O) groups excluding carboxylic acids is 3. The number of nitrogens with zero attached hydrogens (tertiary/aromatic N) is 1. The molecule has 2 fully saturated rings. The Hall–Kier alpha value is -3.33. The lowest BCUT2D eigenvalue weighted by molar-refractivity contribution is -0.121. The molecular formula is C25H27F2N3O4. The number of rotatable bonds is 6. The van der Waals surface area contributed by atoms with Gasteiger partial charge in [0.25, 0.3) is 11.8 Å². The number of amides is 3. The zero-order chi connectivity index (χ0) is 24.1. The summed E-state index contributed by atoms with van der Waals surface area (Å²) < 4.78 is 32.6. The van der Waals surface area contributed by atoms with E-state index in [1.165, 1.54) is 4.90 Å². The van der Waals surface area contributed by atoms with E-state index in [0.717, 1.165) is 25.0 Å². The van der Waals surface area contributed by atoms with Crippen LogP contribution in [0.4, 0.5) is 14.5 Å². The van der Waals surface area contributed by atoms with E-state index < -0.39 is 17.5 Å². The molecule has 0 radical (unpaired) electrons. The van der Waals surface area contributed by atoms with Crippen LogP contribution in [0.3, 0.4) is 0 Å². The largest absolute Gasteiger partial charge is 0.376 e. The summed E-state index contributed by atoms with van der Waals surface area (Å²) in [5, 5.41) is 5.71. The summed E-state index contributed by atoms with van der Waals surface area (Å²) in [5.74, 6) is -3.05. The second-order valence-corrected chi connectivity index (χ2v) is 8.57. The third kappa shape index (κ3) is 5.59. The number of piperidine rings is 1. The molecule has 0 aromatic heterocycles. The minimum Gasteiger partial charge on any atom is -0.376 e. The Morgan fingerprint density at radius 2 is 1.76 bits per heavy atom. The highest BCUT2D eigenvalue weighted by Gasteiger charge is 2.29. The van der Waals surface area contributed by atoms with Gasteiger partial charge in [-0.15, -0.1) is 0 Å². The topological polar surface area (TPSA) is 87.7 Å². The van der Waals surface area contributed by atoms with Crippen molar-refractivity contribution in [1.82, 2.24) is 10.2 Å². The Kier molecular flexibility index (Phi) is 7.52. The molecule has 0 saturated carbocycles. The summed E-state index contributed by atoms with van der Waals surface area (Å²) >= 11 is 0. The molecular weight excluding hydrogens is 444 g/mol. The molecule has 180 valence electrons. The van der Waals surface area contributed by atoms with Crippen LogP contribution < -0.4 is 10.6 Å². The molecule has 3 amide bonds. The molecule has 2 aromatic rings. The quantitative estimate of drug-likeness (QED) is 0.676. The number of nitrogens with one attached hydrogen (secondary N) is 2. The van der Waals surface area contributed by atoms with E-state index in [0.29, 0.717) is 43.3 Å². The molecule has 1 atom stereocenters. The van der Waals surface area contributed by atoms with Crippen LogP contribution in [-0.4, -0.2) is 55.0 Å². The second kappa shape index (κ2) is 10.7. The third-order valence-corrected chi connectivity index (χ3v) is 6.26. The van der Waals surface area contributed by atoms with Crippen molar-refractivity contribution in [2.45, 2.75) is 31.8 Å². The SMILES string of the molecule is O=C(NCC1CCCO1)c1ccccc1NC(=O)C1CCN(C(=O)c2ccc(F)cc2F)CC1. The number of para-hydroxylation sites is 1. The van der Waals surface area contributed by atoms with Crippen molar-refractivity contribution >= 4 is 23.4 Å². The van der Waals surface area contributed by atoms with Crippen molar-refractivity contribution in [2.75, 3.05) is 31.6 Å². The van der Waals surface area contributed by atoms with E-state index in [-0.39, 0.29) is 42.5 Å². The number of hydrogen-bond acceptors (Lipinski definition) is 4. The fourth-order valence-corrected chi connectivity index (χ4v) is 4.31. The third-order valence-electron chi connectivity index (χ3n) is 6.26. The molecule has 2 aromatic carbocycles. The Morgan fingerprint density at radius 3 is 2.47 bits per heavy atom. The average molecular weight is 472 g/mol. The molecule has 2 N–H and O–H groups in total. The summed E-state index contributed by atoms with van der Waals surface area (Å²) in [6.07, 6.45) is 2.70. The highest BCUT2D eigenvalue weighted by atomic mass is 19.1. The number of benzene rings is 2. The molecule has 7 nitrogen and oxygen atoms in total. The standard InChI is InChI=1S/C25H27F2N3O4/c26-17-7-8-19(21(27)14-17)25(33)30-11-9-16(10-12-30)23(31)29-22-6-2-1-5-20(22)24(32)28-15-18-4-3-13-34-18/h1-2,5-8,14,16,18H,3-4,9-13,15H2,(H,28,32)(H,29,31). The number of halogens is 2. The Bertz CT molecular complexity index is 1060. The average Bonchev–Trinajstić information content (AvgIpc) is 3.36. The van der Waals surface area contributed by atoms with Crippen LogP contribution >= 0.6 is 0 Å². The number of hydrogen-bond donors (Lipinski definition) is 2. The van der Waals surface area contributed by atoms with Gasteiger partial charge in [0.05, 0.1) is 22.9 Å². The minimum absolute atomic E-state index is 0.0157.